The number of aryl methyl sites for hydroxylation is 4. The molecule has 4 rings (SSSR count). The molecule has 16 nitrogen and oxygen atoms in total. The number of benzene rings is 4. The summed E-state index contributed by atoms with van der Waals surface area (Å²) in [4.78, 5) is 45.3. The number of carbonyl (C=O) groups excluding carboxylic acids is 4. The molecule has 0 heterocycles. The average molecular weight is 1480 g/mol. The number of carbonyl (C=O) groups is 4. The van der Waals surface area contributed by atoms with Crippen molar-refractivity contribution in [2.75, 3.05) is 39.9 Å². The summed E-state index contributed by atoms with van der Waals surface area (Å²) >= 11 is 6.72. The van der Waals surface area contributed by atoms with Gasteiger partial charge in [-0.2, -0.15) is 39.5 Å². The predicted molar refractivity (Wildman–Crippen MR) is 328 cm³/mol. The van der Waals surface area contributed by atoms with Gasteiger partial charge in [-0.15, -0.1) is 6.58 Å². The van der Waals surface area contributed by atoms with Gasteiger partial charge < -0.3 is 53.7 Å². The van der Waals surface area contributed by atoms with Gasteiger partial charge in [-0.25, -0.2) is 9.68 Å². The Labute approximate surface area is 625 Å². The molecule has 0 radical (unpaired) electrons. The molecule has 500 valence electrons. The summed E-state index contributed by atoms with van der Waals surface area (Å²) in [5.74, 6) is -5.92. The molecule has 0 unspecified atom stereocenters. The Bertz CT molecular complexity index is 2610. The first-order valence-corrected chi connectivity index (χ1v) is 28.4. The Morgan fingerprint density at radius 1 is 0.589 bits per heavy atom. The van der Waals surface area contributed by atoms with E-state index >= 15 is 0 Å². The van der Waals surface area contributed by atoms with Gasteiger partial charge in [-0.1, -0.05) is 135 Å². The SMILES string of the molecule is C=CC(C)(C)O.CC(C)(O)/C=C/c1cccc(CCCN)c1.CC(C)(O)/C=C/c1cccc(CCCNC(=O)C(F)(F)F)c1.CCOC(=O)C(F)(F)F.COO.NCCCc1cccc(Br)c1.O=C(NCCCc1cccc(Br)c1)C(F)(F)F.O=CO[O-].[H-].[K+].[K+]. The first-order valence-electron chi connectivity index (χ1n) is 26.8. The molecule has 4 aromatic rings. The van der Waals surface area contributed by atoms with Gasteiger partial charge in [-0.05, 0) is 171 Å². The Hall–Kier alpha value is -2.74. The van der Waals surface area contributed by atoms with Crippen LogP contribution < -0.4 is 130 Å². The number of esters is 1. The molecule has 90 heavy (non-hydrogen) atoms. The van der Waals surface area contributed by atoms with Crippen molar-refractivity contribution >= 4 is 68.3 Å². The second-order valence-electron chi connectivity index (χ2n) is 19.7. The number of hydrogen-bond acceptors (Lipinski definition) is 14. The standard InChI is InChI=1S/C16H20F3NO2.C14H21NO.C11H11BrF3NO.C9H12BrN.C5H10O.C4H5F3O2.CH2O3.CH4O2.2K.H/c1-15(2,22)9-8-13-6-3-5-12(11-13)7-4-10-20-14(21)16(17,18)19;1-14(2,16)9-8-13-6-3-5-12(11-13)7-4-10-15;12-9-5-1-3-8(7-9)4-2-6-16-10(17)11(13,14)15;10-9-5-1-3-8(7-9)4-2-6-11;1-4-5(2,3)6;1-2-9-3(8)4(5,6)7;2-1-4-3;1-3-2;;;/h3,5-6,8-9,11,22H,4,7,10H2,1-2H3,(H,20,21);3,5-6,8-9,11,16H,4,7,10,15H2,1-2H3;1,3,5,7H,2,4,6H2,(H,16,17);1,3,5,7H,2,4,6,11H2;4,6H,1H2,2-3H3;2H2,1H3;1,3H;2H,1H3;;;/q;;;;;;;;2*+1;-1/p-1/b2*9-8+;;;;;;;;;. The van der Waals surface area contributed by atoms with Crippen LogP contribution in [0.15, 0.2) is 131 Å². The van der Waals surface area contributed by atoms with Crippen LogP contribution in [0.3, 0.4) is 0 Å². The average Bonchev–Trinajstić information content (AvgIpc) is 3.43. The zero-order valence-corrected chi connectivity index (χ0v) is 61.9. The summed E-state index contributed by atoms with van der Waals surface area (Å²) in [6.45, 7) is 16.0. The van der Waals surface area contributed by atoms with E-state index in [0.717, 1.165) is 70.0 Å². The van der Waals surface area contributed by atoms with Gasteiger partial charge in [0.2, 0.25) is 0 Å². The summed E-state index contributed by atoms with van der Waals surface area (Å²) < 4.78 is 111. The van der Waals surface area contributed by atoms with Crippen LogP contribution in [0, 0.1) is 0 Å². The fourth-order valence-corrected chi connectivity index (χ4v) is 6.60. The maximum Gasteiger partial charge on any atom is 1.00 e. The van der Waals surface area contributed by atoms with E-state index in [2.05, 4.69) is 83.3 Å². The van der Waals surface area contributed by atoms with Gasteiger partial charge in [0.25, 0.3) is 6.47 Å². The van der Waals surface area contributed by atoms with Crippen molar-refractivity contribution in [1.82, 2.24) is 10.6 Å². The Morgan fingerprint density at radius 3 is 1.10 bits per heavy atom. The second kappa shape index (κ2) is 55.5. The molecule has 0 saturated carbocycles. The van der Waals surface area contributed by atoms with E-state index in [4.69, 9.17) is 31.9 Å². The van der Waals surface area contributed by atoms with E-state index in [9.17, 15) is 64.1 Å². The first-order chi connectivity index (χ1) is 40.7. The summed E-state index contributed by atoms with van der Waals surface area (Å²) in [7, 11) is 1.18. The van der Waals surface area contributed by atoms with Gasteiger partial charge in [0.1, 0.15) is 0 Å². The number of alkyl halides is 9. The number of rotatable bonds is 21. The first kappa shape index (κ1) is 98.3. The zero-order chi connectivity index (χ0) is 68.6. The van der Waals surface area contributed by atoms with Gasteiger partial charge in [0.15, 0.2) is 0 Å². The minimum Gasteiger partial charge on any atom is -1.00 e. The van der Waals surface area contributed by atoms with Crippen molar-refractivity contribution in [3.8, 4) is 0 Å². The van der Waals surface area contributed by atoms with Gasteiger partial charge in [0, 0.05) is 22.0 Å². The van der Waals surface area contributed by atoms with Gasteiger partial charge >= 0.3 is 139 Å². The van der Waals surface area contributed by atoms with E-state index in [1.54, 1.807) is 59.8 Å². The number of nitrogens with one attached hydrogen (secondary N) is 2. The quantitative estimate of drug-likeness (QED) is 0.00742. The molecule has 0 fully saturated rings. The number of nitrogens with two attached hydrogens (primary N) is 2. The topological polar surface area (TPSA) is 276 Å². The van der Waals surface area contributed by atoms with E-state index in [1.807, 2.05) is 83.4 Å². The maximum absolute atomic E-state index is 12.0. The molecule has 0 spiro atoms. The fraction of sp³-hybridized carbons (Fsp3) is 0.443. The van der Waals surface area contributed by atoms with Crippen LogP contribution in [-0.4, -0.2) is 120 Å². The molecule has 0 aliphatic heterocycles. The normalized spacial score (nSPS) is 10.9. The van der Waals surface area contributed by atoms with Gasteiger partial charge in [-0.3, -0.25) is 19.6 Å². The summed E-state index contributed by atoms with van der Waals surface area (Å²) in [6.07, 6.45) is 0.455. The number of hydrogen-bond donors (Lipinski definition) is 8. The molecular weight excluding hydrogens is 1390 g/mol. The monoisotopic (exact) mass is 1470 g/mol. The predicted octanol–water partition coefficient (Wildman–Crippen LogP) is 5.56. The van der Waals surface area contributed by atoms with Crippen LogP contribution in [0.2, 0.25) is 0 Å². The van der Waals surface area contributed by atoms with Gasteiger partial charge in [0.05, 0.1) is 30.5 Å². The third-order valence-electron chi connectivity index (χ3n) is 9.80. The molecular formula is C61H85Br2F9K2N4O12. The molecule has 0 atom stereocenters. The Morgan fingerprint density at radius 2 is 0.878 bits per heavy atom. The smallest absolute Gasteiger partial charge is 1.00 e. The Balaban J connectivity index is -0.000000187. The largest absolute Gasteiger partial charge is 1.00 e. The van der Waals surface area contributed by atoms with Crippen LogP contribution in [0.4, 0.5) is 39.5 Å². The van der Waals surface area contributed by atoms with E-state index in [0.29, 0.717) is 25.7 Å². The number of amides is 2. The van der Waals surface area contributed by atoms with Crippen LogP contribution in [0.5, 0.6) is 0 Å². The molecule has 0 aliphatic rings. The van der Waals surface area contributed by atoms with Crippen LogP contribution in [-0.2, 0) is 59.4 Å². The van der Waals surface area contributed by atoms with Crippen molar-refractivity contribution in [2.45, 2.75) is 135 Å². The number of ether oxygens (including phenoxy) is 1. The van der Waals surface area contributed by atoms with Crippen molar-refractivity contribution < 1.29 is 203 Å². The van der Waals surface area contributed by atoms with E-state index in [1.165, 1.54) is 31.2 Å². The molecule has 0 aromatic heterocycles. The summed E-state index contributed by atoms with van der Waals surface area (Å²) in [5, 5.41) is 47.1. The van der Waals surface area contributed by atoms with Crippen molar-refractivity contribution in [3.63, 3.8) is 0 Å². The minimum absolute atomic E-state index is 0. The summed E-state index contributed by atoms with van der Waals surface area (Å²) in [6, 6.07) is 31.6. The molecule has 4 aromatic carbocycles. The van der Waals surface area contributed by atoms with Crippen LogP contribution >= 0.6 is 31.9 Å². The summed E-state index contributed by atoms with van der Waals surface area (Å²) in [5.41, 5.74) is 15.2. The molecule has 0 saturated heterocycles. The molecule has 10 N–H and O–H groups in total. The van der Waals surface area contributed by atoms with Crippen LogP contribution in [0.25, 0.3) is 12.2 Å². The molecule has 2 amide bonds. The Kier molecular flexibility index (Phi) is 60.7. The zero-order valence-electron chi connectivity index (χ0n) is 53.5. The third-order valence-corrected chi connectivity index (χ3v) is 10.8. The van der Waals surface area contributed by atoms with E-state index in [-0.39, 0.29) is 130 Å². The molecule has 0 aliphatic carbocycles. The van der Waals surface area contributed by atoms with Crippen molar-refractivity contribution in [2.24, 2.45) is 11.5 Å². The van der Waals surface area contributed by atoms with Crippen molar-refractivity contribution in [3.05, 3.63) is 164 Å². The molecule has 29 heteroatoms. The minimum atomic E-state index is -4.85. The second-order valence-corrected chi connectivity index (χ2v) is 21.5. The number of halogens is 11. The maximum atomic E-state index is 12.0. The van der Waals surface area contributed by atoms with Crippen LogP contribution in [0.1, 0.15) is 109 Å². The molecule has 0 bridgehead atoms. The van der Waals surface area contributed by atoms with Crippen molar-refractivity contribution in [1.29, 1.82) is 0 Å². The third kappa shape index (κ3) is 65.3. The fourth-order valence-electron chi connectivity index (χ4n) is 5.70. The number of aliphatic hydroxyl groups is 3. The van der Waals surface area contributed by atoms with E-state index < -0.39 is 53.1 Å².